The van der Waals surface area contributed by atoms with Gasteiger partial charge in [0.25, 0.3) is 5.91 Å². The monoisotopic (exact) mass is 375 g/mol. The van der Waals surface area contributed by atoms with E-state index in [0.717, 1.165) is 16.5 Å². The first-order valence-corrected chi connectivity index (χ1v) is 8.88. The van der Waals surface area contributed by atoms with E-state index in [1.165, 1.54) is 12.1 Å². The Labute approximate surface area is 160 Å². The number of anilines is 2. The van der Waals surface area contributed by atoms with E-state index in [4.69, 9.17) is 0 Å². The van der Waals surface area contributed by atoms with Crippen LogP contribution in [0.4, 0.5) is 15.9 Å². The van der Waals surface area contributed by atoms with Crippen LogP contribution in [0.2, 0.25) is 0 Å². The van der Waals surface area contributed by atoms with Gasteiger partial charge in [0, 0.05) is 29.3 Å². The van der Waals surface area contributed by atoms with Crippen molar-refractivity contribution in [2.45, 2.75) is 6.42 Å². The van der Waals surface area contributed by atoms with Gasteiger partial charge >= 0.3 is 0 Å². The first-order chi connectivity index (χ1) is 13.7. The topological polar surface area (TPSA) is 82.7 Å². The van der Waals surface area contributed by atoms with Gasteiger partial charge in [-0.2, -0.15) is 0 Å². The second-order valence-corrected chi connectivity index (χ2v) is 6.30. The summed E-state index contributed by atoms with van der Waals surface area (Å²) in [6.45, 7) is 0.492. The number of halogens is 1. The maximum Gasteiger partial charge on any atom is 0.271 e. The highest BCUT2D eigenvalue weighted by atomic mass is 19.1. The van der Waals surface area contributed by atoms with Crippen LogP contribution >= 0.6 is 0 Å². The Balaban J connectivity index is 1.33. The van der Waals surface area contributed by atoms with E-state index in [1.807, 2.05) is 24.4 Å². The molecule has 2 heterocycles. The standard InChI is InChI=1S/C21H18FN5O/c22-15-4-3-5-16(12-15)25-20-9-8-19(26-27-20)21(28)23-11-10-14-13-24-18-7-2-1-6-17(14)18/h1-9,12-13,24H,10-11H2,(H,23,28)(H,25,27). The highest BCUT2D eigenvalue weighted by Crippen LogP contribution is 2.18. The van der Waals surface area contributed by atoms with Crippen molar-refractivity contribution >= 4 is 28.3 Å². The second kappa shape index (κ2) is 7.87. The molecule has 0 atom stereocenters. The molecule has 2 aromatic carbocycles. The summed E-state index contributed by atoms with van der Waals surface area (Å²) in [6, 6.07) is 17.3. The molecule has 0 aliphatic carbocycles. The minimum absolute atomic E-state index is 0.226. The molecule has 2 aromatic heterocycles. The summed E-state index contributed by atoms with van der Waals surface area (Å²) in [4.78, 5) is 15.5. The van der Waals surface area contributed by atoms with Crippen molar-refractivity contribution < 1.29 is 9.18 Å². The van der Waals surface area contributed by atoms with E-state index < -0.39 is 0 Å². The maximum atomic E-state index is 13.2. The van der Waals surface area contributed by atoms with Gasteiger partial charge in [-0.25, -0.2) is 4.39 Å². The molecule has 4 rings (SSSR count). The average Bonchev–Trinajstić information content (AvgIpc) is 3.12. The minimum Gasteiger partial charge on any atom is -0.361 e. The van der Waals surface area contributed by atoms with Crippen LogP contribution in [0.25, 0.3) is 10.9 Å². The molecule has 3 N–H and O–H groups in total. The lowest BCUT2D eigenvalue weighted by Gasteiger charge is -2.06. The van der Waals surface area contributed by atoms with Crippen LogP contribution in [0.1, 0.15) is 16.1 Å². The Hall–Kier alpha value is -3.74. The molecule has 140 valence electrons. The van der Waals surface area contributed by atoms with Crippen LogP contribution in [0.5, 0.6) is 0 Å². The summed E-state index contributed by atoms with van der Waals surface area (Å²) in [5.41, 5.74) is 3.02. The van der Waals surface area contributed by atoms with Crippen molar-refractivity contribution in [3.8, 4) is 0 Å². The first-order valence-electron chi connectivity index (χ1n) is 8.88. The van der Waals surface area contributed by atoms with Crippen molar-refractivity contribution in [3.63, 3.8) is 0 Å². The predicted octanol–water partition coefficient (Wildman–Crippen LogP) is 3.81. The minimum atomic E-state index is -0.343. The van der Waals surface area contributed by atoms with Crippen LogP contribution < -0.4 is 10.6 Å². The fourth-order valence-electron chi connectivity index (χ4n) is 2.97. The third-order valence-electron chi connectivity index (χ3n) is 4.35. The number of hydrogen-bond acceptors (Lipinski definition) is 4. The summed E-state index contributed by atoms with van der Waals surface area (Å²) in [6.07, 6.45) is 2.67. The molecule has 6 nitrogen and oxygen atoms in total. The SMILES string of the molecule is O=C(NCCc1c[nH]c2ccccc12)c1ccc(Nc2cccc(F)c2)nn1. The average molecular weight is 375 g/mol. The number of nitrogens with zero attached hydrogens (tertiary/aromatic N) is 2. The molecule has 4 aromatic rings. The van der Waals surface area contributed by atoms with Crippen LogP contribution in [0, 0.1) is 5.82 Å². The third kappa shape index (κ3) is 3.98. The largest absolute Gasteiger partial charge is 0.361 e. The molecule has 0 saturated carbocycles. The Morgan fingerprint density at radius 1 is 1.04 bits per heavy atom. The molecule has 0 unspecified atom stereocenters. The Morgan fingerprint density at radius 2 is 1.93 bits per heavy atom. The number of amides is 1. The van der Waals surface area contributed by atoms with Crippen molar-refractivity contribution in [2.24, 2.45) is 0 Å². The molecule has 28 heavy (non-hydrogen) atoms. The van der Waals surface area contributed by atoms with Crippen molar-refractivity contribution in [3.05, 3.63) is 83.9 Å². The molecule has 1 amide bonds. The Morgan fingerprint density at radius 3 is 2.75 bits per heavy atom. The number of carbonyl (C=O) groups excluding carboxylic acids is 1. The summed E-state index contributed by atoms with van der Waals surface area (Å²) >= 11 is 0. The number of hydrogen-bond donors (Lipinski definition) is 3. The van der Waals surface area contributed by atoms with Gasteiger partial charge in [-0.05, 0) is 48.4 Å². The van der Waals surface area contributed by atoms with Crippen molar-refractivity contribution in [1.29, 1.82) is 0 Å². The second-order valence-electron chi connectivity index (χ2n) is 6.30. The zero-order valence-electron chi connectivity index (χ0n) is 14.9. The highest BCUT2D eigenvalue weighted by Gasteiger charge is 2.09. The molecule has 0 aliphatic heterocycles. The molecule has 7 heteroatoms. The van der Waals surface area contributed by atoms with Crippen LogP contribution in [-0.4, -0.2) is 27.6 Å². The summed E-state index contributed by atoms with van der Waals surface area (Å²) in [7, 11) is 0. The lowest BCUT2D eigenvalue weighted by Crippen LogP contribution is -2.26. The number of aromatic nitrogens is 3. The lowest BCUT2D eigenvalue weighted by molar-refractivity contribution is 0.0948. The fraction of sp³-hybridized carbons (Fsp3) is 0.0952. The predicted molar refractivity (Wildman–Crippen MR) is 106 cm³/mol. The maximum absolute atomic E-state index is 13.2. The van der Waals surface area contributed by atoms with Gasteiger partial charge in [0.1, 0.15) is 5.82 Å². The van der Waals surface area contributed by atoms with Gasteiger partial charge in [0.15, 0.2) is 11.5 Å². The molecule has 0 fully saturated rings. The number of carbonyl (C=O) groups is 1. The number of para-hydroxylation sites is 1. The highest BCUT2D eigenvalue weighted by molar-refractivity contribution is 5.92. The molecule has 0 saturated heterocycles. The Kier molecular flexibility index (Phi) is 4.97. The van der Waals surface area contributed by atoms with Crippen molar-refractivity contribution in [1.82, 2.24) is 20.5 Å². The van der Waals surface area contributed by atoms with Gasteiger partial charge < -0.3 is 15.6 Å². The molecule has 0 spiro atoms. The number of benzene rings is 2. The summed E-state index contributed by atoms with van der Waals surface area (Å²) < 4.78 is 13.2. The number of rotatable bonds is 6. The zero-order valence-corrected chi connectivity index (χ0v) is 14.9. The van der Waals surface area contributed by atoms with E-state index in [9.17, 15) is 9.18 Å². The van der Waals surface area contributed by atoms with E-state index in [0.29, 0.717) is 24.5 Å². The number of fused-ring (bicyclic) bond motifs is 1. The zero-order chi connectivity index (χ0) is 19.3. The van der Waals surface area contributed by atoms with E-state index in [1.54, 1.807) is 24.3 Å². The van der Waals surface area contributed by atoms with Gasteiger partial charge in [0.05, 0.1) is 0 Å². The van der Waals surface area contributed by atoms with E-state index in [2.05, 4.69) is 31.9 Å². The molecular weight excluding hydrogens is 357 g/mol. The number of aromatic amines is 1. The van der Waals surface area contributed by atoms with Crippen LogP contribution in [0.3, 0.4) is 0 Å². The van der Waals surface area contributed by atoms with Gasteiger partial charge in [0.2, 0.25) is 0 Å². The molecule has 0 radical (unpaired) electrons. The quantitative estimate of drug-likeness (QED) is 0.479. The van der Waals surface area contributed by atoms with Crippen LogP contribution in [-0.2, 0) is 6.42 Å². The van der Waals surface area contributed by atoms with Gasteiger partial charge in [-0.3, -0.25) is 4.79 Å². The first kappa shape index (κ1) is 17.7. The van der Waals surface area contributed by atoms with Gasteiger partial charge in [-0.1, -0.05) is 24.3 Å². The van der Waals surface area contributed by atoms with Gasteiger partial charge in [-0.15, -0.1) is 10.2 Å². The third-order valence-corrected chi connectivity index (χ3v) is 4.35. The number of nitrogens with one attached hydrogen (secondary N) is 3. The summed E-state index contributed by atoms with van der Waals surface area (Å²) in [5, 5.41) is 14.9. The smallest absolute Gasteiger partial charge is 0.271 e. The molecular formula is C21H18FN5O. The van der Waals surface area contributed by atoms with Crippen LogP contribution in [0.15, 0.2) is 66.9 Å². The Bertz CT molecular complexity index is 1110. The molecule has 0 aliphatic rings. The fourth-order valence-corrected chi connectivity index (χ4v) is 2.97. The molecule has 0 bridgehead atoms. The summed E-state index contributed by atoms with van der Waals surface area (Å²) in [5.74, 6) is -0.199. The van der Waals surface area contributed by atoms with E-state index >= 15 is 0 Å². The lowest BCUT2D eigenvalue weighted by atomic mass is 10.1. The number of H-pyrrole nitrogens is 1. The van der Waals surface area contributed by atoms with E-state index in [-0.39, 0.29) is 17.4 Å². The van der Waals surface area contributed by atoms with Crippen molar-refractivity contribution in [2.75, 3.05) is 11.9 Å². The normalized spacial score (nSPS) is 10.8.